The molecule has 0 fully saturated rings. The summed E-state index contributed by atoms with van der Waals surface area (Å²) in [6.45, 7) is 13.5. The van der Waals surface area contributed by atoms with Crippen molar-refractivity contribution in [2.24, 2.45) is 0 Å². The van der Waals surface area contributed by atoms with E-state index in [-0.39, 0.29) is 24.5 Å². The zero-order valence-electron chi connectivity index (χ0n) is 11.2. The highest BCUT2D eigenvalue weighted by atomic mass is 16.5. The highest BCUT2D eigenvalue weighted by Crippen LogP contribution is 2.03. The van der Waals surface area contributed by atoms with Crippen LogP contribution in [-0.4, -0.2) is 25.2 Å². The van der Waals surface area contributed by atoms with Crippen LogP contribution in [-0.2, 0) is 19.1 Å². The van der Waals surface area contributed by atoms with Crippen molar-refractivity contribution in [2.75, 3.05) is 13.2 Å². The Morgan fingerprint density at radius 1 is 1.05 bits per heavy atom. The molecule has 0 aromatic carbocycles. The van der Waals surface area contributed by atoms with Crippen LogP contribution in [0.2, 0.25) is 0 Å². The Bertz CT molecular complexity index is 425. The van der Waals surface area contributed by atoms with Gasteiger partial charge in [0.05, 0.1) is 19.8 Å². The molecule has 0 spiro atoms. The summed E-state index contributed by atoms with van der Waals surface area (Å²) in [5.41, 5.74) is -0.438. The van der Waals surface area contributed by atoms with Crippen molar-refractivity contribution in [2.45, 2.75) is 25.7 Å². The van der Waals surface area contributed by atoms with Crippen LogP contribution in [0.4, 0.5) is 0 Å². The fourth-order valence-electron chi connectivity index (χ4n) is 1.15. The molecule has 0 heterocycles. The molecule has 0 rings (SSSR count). The van der Waals surface area contributed by atoms with Gasteiger partial charge in [-0.1, -0.05) is 13.2 Å². The molecule has 6 heteroatoms. The van der Waals surface area contributed by atoms with Gasteiger partial charge < -0.3 is 9.47 Å². The van der Waals surface area contributed by atoms with Crippen molar-refractivity contribution in [3.05, 3.63) is 35.8 Å². The maximum absolute atomic E-state index is 11.0. The van der Waals surface area contributed by atoms with Gasteiger partial charge in [-0.25, -0.2) is 9.64 Å². The number of nitriles is 1. The second-order valence-electron chi connectivity index (χ2n) is 3.83. The third-order valence-corrected chi connectivity index (χ3v) is 2.26. The van der Waals surface area contributed by atoms with Crippen molar-refractivity contribution in [1.29, 1.82) is 5.26 Å². The smallest absolute Gasteiger partial charge is 0.348 e. The lowest BCUT2D eigenvalue weighted by Gasteiger charge is -2.04. The van der Waals surface area contributed by atoms with E-state index in [1.165, 1.54) is 0 Å². The number of nitrogens with zero attached hydrogens (tertiary/aromatic N) is 2. The summed E-state index contributed by atoms with van der Waals surface area (Å²) in [5, 5.41) is 8.39. The Kier molecular flexibility index (Phi) is 8.99. The quantitative estimate of drug-likeness (QED) is 0.212. The molecule has 0 saturated heterocycles. The monoisotopic (exact) mass is 276 g/mol. The van der Waals surface area contributed by atoms with Crippen molar-refractivity contribution in [3.8, 4) is 6.07 Å². The molecule has 106 valence electrons. The van der Waals surface area contributed by atoms with E-state index in [1.807, 2.05) is 0 Å². The first-order valence-corrected chi connectivity index (χ1v) is 6.02. The van der Waals surface area contributed by atoms with E-state index in [4.69, 9.17) is 21.3 Å². The molecular weight excluding hydrogens is 260 g/mol. The molecule has 0 amide bonds. The van der Waals surface area contributed by atoms with Crippen LogP contribution in [0.1, 0.15) is 25.7 Å². The lowest BCUT2D eigenvalue weighted by atomic mass is 10.2. The summed E-state index contributed by atoms with van der Waals surface area (Å²) < 4.78 is 9.59. The molecule has 20 heavy (non-hydrogen) atoms. The van der Waals surface area contributed by atoms with Crippen molar-refractivity contribution >= 4 is 11.9 Å². The number of hydrogen-bond acceptors (Lipinski definition) is 5. The number of unbranched alkanes of at least 4 members (excludes halogenated alkanes) is 3. The van der Waals surface area contributed by atoms with E-state index in [0.29, 0.717) is 12.8 Å². The second-order valence-corrected chi connectivity index (χ2v) is 3.83. The average Bonchev–Trinajstić information content (AvgIpc) is 2.47. The van der Waals surface area contributed by atoms with E-state index >= 15 is 0 Å². The molecule has 0 atom stereocenters. The highest BCUT2D eigenvalue weighted by molar-refractivity contribution is 5.91. The fourth-order valence-corrected chi connectivity index (χ4v) is 1.15. The molecule has 0 unspecified atom stereocenters. The lowest BCUT2D eigenvalue weighted by molar-refractivity contribution is -0.139. The normalized spacial score (nSPS) is 8.90. The lowest BCUT2D eigenvalue weighted by Crippen LogP contribution is -2.07. The van der Waals surface area contributed by atoms with Gasteiger partial charge in [0.2, 0.25) is 0 Å². The number of carbonyl (C=O) groups is 2. The van der Waals surface area contributed by atoms with Crippen LogP contribution in [0, 0.1) is 17.9 Å². The number of esters is 2. The van der Waals surface area contributed by atoms with E-state index in [2.05, 4.69) is 18.0 Å². The van der Waals surface area contributed by atoms with Crippen molar-refractivity contribution < 1.29 is 19.1 Å². The standard InChI is InChI=1S/C14H16N2O4/c1-11(10-15)13(17)19-8-6-4-5-7-9-20-14(18)12(2)16-3/h1-2,4-9H2. The average molecular weight is 276 g/mol. The molecule has 0 radical (unpaired) electrons. The predicted molar refractivity (Wildman–Crippen MR) is 70.9 cm³/mol. The van der Waals surface area contributed by atoms with Gasteiger partial charge in [0.15, 0.2) is 0 Å². The van der Waals surface area contributed by atoms with Crippen LogP contribution in [0.3, 0.4) is 0 Å². The first-order chi connectivity index (χ1) is 9.52. The van der Waals surface area contributed by atoms with Gasteiger partial charge in [-0.05, 0) is 25.7 Å². The number of rotatable bonds is 9. The van der Waals surface area contributed by atoms with Crippen molar-refractivity contribution in [3.63, 3.8) is 0 Å². The molecule has 0 aliphatic carbocycles. The van der Waals surface area contributed by atoms with Crippen LogP contribution >= 0.6 is 0 Å². The summed E-state index contributed by atoms with van der Waals surface area (Å²) in [4.78, 5) is 25.0. The Labute approximate surface area is 118 Å². The zero-order chi connectivity index (χ0) is 15.4. The molecule has 0 aromatic heterocycles. The molecule has 0 aromatic rings. The number of hydrogen-bond donors (Lipinski definition) is 0. The molecule has 0 aliphatic heterocycles. The summed E-state index contributed by atoms with van der Waals surface area (Å²) in [5.74, 6) is -1.39. The summed E-state index contributed by atoms with van der Waals surface area (Å²) in [6.07, 6.45) is 2.92. The highest BCUT2D eigenvalue weighted by Gasteiger charge is 2.07. The van der Waals surface area contributed by atoms with Gasteiger partial charge in [0.25, 0.3) is 5.70 Å². The van der Waals surface area contributed by atoms with Gasteiger partial charge >= 0.3 is 11.9 Å². The fraction of sp³-hybridized carbons (Fsp3) is 0.429. The second kappa shape index (κ2) is 10.3. The van der Waals surface area contributed by atoms with Crippen LogP contribution in [0.5, 0.6) is 0 Å². The summed E-state index contributed by atoms with van der Waals surface area (Å²) in [7, 11) is 0. The molecule has 6 nitrogen and oxygen atoms in total. The Balaban J connectivity index is 3.47. The van der Waals surface area contributed by atoms with Gasteiger partial charge in [-0.15, -0.1) is 0 Å². The van der Waals surface area contributed by atoms with E-state index in [9.17, 15) is 9.59 Å². The topological polar surface area (TPSA) is 80.8 Å². The number of carbonyl (C=O) groups excluding carboxylic acids is 2. The maximum atomic E-state index is 11.0. The Morgan fingerprint density at radius 2 is 1.55 bits per heavy atom. The Morgan fingerprint density at radius 3 is 2.00 bits per heavy atom. The molecule has 0 saturated carbocycles. The first-order valence-electron chi connectivity index (χ1n) is 6.02. The summed E-state index contributed by atoms with van der Waals surface area (Å²) in [6, 6.07) is 1.61. The SMILES string of the molecule is [C-]#[N+]C(=C)C(=O)OCCCCCCOC(=O)C(=C)C#N. The van der Waals surface area contributed by atoms with Crippen molar-refractivity contribution in [1.82, 2.24) is 0 Å². The molecular formula is C14H16N2O4. The molecule has 0 bridgehead atoms. The van der Waals surface area contributed by atoms with Gasteiger partial charge in [-0.3, -0.25) is 4.79 Å². The van der Waals surface area contributed by atoms with Gasteiger partial charge in [0.1, 0.15) is 11.6 Å². The van der Waals surface area contributed by atoms with Gasteiger partial charge in [0, 0.05) is 0 Å². The maximum Gasteiger partial charge on any atom is 0.348 e. The van der Waals surface area contributed by atoms with E-state index in [1.54, 1.807) is 6.07 Å². The van der Waals surface area contributed by atoms with Crippen LogP contribution in [0.25, 0.3) is 4.85 Å². The first kappa shape index (κ1) is 17.4. The zero-order valence-corrected chi connectivity index (χ0v) is 11.2. The minimum Gasteiger partial charge on any atom is -0.471 e. The minimum absolute atomic E-state index is 0.211. The Hall–Kier alpha value is -2.60. The van der Waals surface area contributed by atoms with E-state index < -0.39 is 11.9 Å². The molecule has 0 N–H and O–H groups in total. The van der Waals surface area contributed by atoms with Gasteiger partial charge in [-0.2, -0.15) is 5.26 Å². The van der Waals surface area contributed by atoms with Crippen LogP contribution in [0.15, 0.2) is 24.4 Å². The molecule has 0 aliphatic rings. The van der Waals surface area contributed by atoms with E-state index in [0.717, 1.165) is 12.8 Å². The predicted octanol–water partition coefficient (Wildman–Crippen LogP) is 2.15. The summed E-state index contributed by atoms with van der Waals surface area (Å²) >= 11 is 0. The minimum atomic E-state index is -0.695. The third-order valence-electron chi connectivity index (χ3n) is 2.26. The number of ether oxygens (including phenoxy) is 2. The van der Waals surface area contributed by atoms with Crippen LogP contribution < -0.4 is 0 Å². The largest absolute Gasteiger partial charge is 0.471 e. The third kappa shape index (κ3) is 7.67.